The highest BCUT2D eigenvalue weighted by atomic mass is 16.2. The second-order valence-corrected chi connectivity index (χ2v) is 7.68. The Hall–Kier alpha value is -2.09. The molecule has 1 aliphatic rings. The molecule has 0 radical (unpaired) electrons. The summed E-state index contributed by atoms with van der Waals surface area (Å²) in [6.07, 6.45) is 9.08. The lowest BCUT2D eigenvalue weighted by atomic mass is 10.1. The summed E-state index contributed by atoms with van der Waals surface area (Å²) in [5.74, 6) is 2.11. The fourth-order valence-corrected chi connectivity index (χ4v) is 3.50. The van der Waals surface area contributed by atoms with Crippen molar-refractivity contribution in [1.82, 2.24) is 30.4 Å². The summed E-state index contributed by atoms with van der Waals surface area (Å²) < 4.78 is 2.18. The number of hydrogen-bond donors (Lipinski definition) is 3. The van der Waals surface area contributed by atoms with Crippen molar-refractivity contribution in [3.63, 3.8) is 0 Å². The molecule has 1 aromatic heterocycles. The van der Waals surface area contributed by atoms with E-state index in [1.54, 1.807) is 0 Å². The molecule has 0 saturated carbocycles. The lowest BCUT2D eigenvalue weighted by Crippen LogP contribution is -2.50. The van der Waals surface area contributed by atoms with Crippen molar-refractivity contribution in [2.45, 2.75) is 65.5 Å². The minimum atomic E-state index is 0.138. The summed E-state index contributed by atoms with van der Waals surface area (Å²) in [5, 5.41) is 9.89. The minimum absolute atomic E-state index is 0.138. The van der Waals surface area contributed by atoms with Crippen LogP contribution in [0.4, 0.5) is 0 Å². The maximum Gasteiger partial charge on any atom is 0.234 e. The number of carbonyl (C=O) groups is 1. The number of amides is 1. The monoisotopic (exact) mass is 405 g/mol. The van der Waals surface area contributed by atoms with Gasteiger partial charge in [0.1, 0.15) is 5.82 Å². The van der Waals surface area contributed by atoms with Crippen LogP contribution in [0.15, 0.2) is 17.4 Å². The van der Waals surface area contributed by atoms with E-state index in [0.29, 0.717) is 12.6 Å². The van der Waals surface area contributed by atoms with Crippen molar-refractivity contribution >= 4 is 11.9 Å². The Morgan fingerprint density at radius 1 is 1.24 bits per heavy atom. The highest BCUT2D eigenvalue weighted by Crippen LogP contribution is 2.10. The van der Waals surface area contributed by atoms with Crippen LogP contribution < -0.4 is 16.0 Å². The zero-order valence-corrected chi connectivity index (χ0v) is 18.4. The molecule has 29 heavy (non-hydrogen) atoms. The van der Waals surface area contributed by atoms with Crippen LogP contribution in [0.25, 0.3) is 0 Å². The third-order valence-corrected chi connectivity index (χ3v) is 5.21. The standard InChI is InChI=1S/C21H39N7O/c1-4-10-24-20(29)17-27-14-8-19(9-15-27)26-21(22-5-2)25-11-6-7-13-28-16-12-23-18(28)3/h12,16,19H,4-11,13-15,17H2,1-3H3,(H,24,29)(H2,22,25,26). The number of nitrogens with zero attached hydrogens (tertiary/aromatic N) is 4. The number of imidazole rings is 1. The number of likely N-dealkylation sites (tertiary alicyclic amines) is 1. The van der Waals surface area contributed by atoms with Crippen molar-refractivity contribution in [1.29, 1.82) is 0 Å². The average molecular weight is 406 g/mol. The molecule has 1 saturated heterocycles. The number of carbonyl (C=O) groups excluding carboxylic acids is 1. The first-order valence-electron chi connectivity index (χ1n) is 11.1. The summed E-state index contributed by atoms with van der Waals surface area (Å²) >= 11 is 0. The van der Waals surface area contributed by atoms with Crippen LogP contribution in [0.1, 0.15) is 51.8 Å². The van der Waals surface area contributed by atoms with Crippen molar-refractivity contribution in [3.8, 4) is 0 Å². The molecule has 2 rings (SSSR count). The quantitative estimate of drug-likeness (QED) is 0.295. The van der Waals surface area contributed by atoms with Gasteiger partial charge >= 0.3 is 0 Å². The normalized spacial score (nSPS) is 16.0. The van der Waals surface area contributed by atoms with Gasteiger partial charge in [0, 0.05) is 57.7 Å². The van der Waals surface area contributed by atoms with E-state index in [4.69, 9.17) is 4.99 Å². The van der Waals surface area contributed by atoms with E-state index in [1.807, 2.05) is 19.3 Å². The van der Waals surface area contributed by atoms with E-state index in [0.717, 1.165) is 83.2 Å². The summed E-state index contributed by atoms with van der Waals surface area (Å²) in [7, 11) is 0. The van der Waals surface area contributed by atoms with E-state index in [2.05, 4.69) is 44.2 Å². The number of hydrogen-bond acceptors (Lipinski definition) is 4. The molecular formula is C21H39N7O. The highest BCUT2D eigenvalue weighted by molar-refractivity contribution is 5.80. The molecule has 0 spiro atoms. The highest BCUT2D eigenvalue weighted by Gasteiger charge is 2.21. The number of aliphatic imine (C=N–C) groups is 1. The number of aromatic nitrogens is 2. The molecule has 3 N–H and O–H groups in total. The first-order valence-corrected chi connectivity index (χ1v) is 11.1. The van der Waals surface area contributed by atoms with Gasteiger partial charge in [-0.25, -0.2) is 4.98 Å². The molecule has 1 fully saturated rings. The van der Waals surface area contributed by atoms with E-state index >= 15 is 0 Å². The SMILES string of the molecule is CCCNC(=O)CN1CCC(NC(=NCCCCn2ccnc2C)NCC)CC1. The topological polar surface area (TPSA) is 86.6 Å². The van der Waals surface area contributed by atoms with Crippen molar-refractivity contribution in [3.05, 3.63) is 18.2 Å². The summed E-state index contributed by atoms with van der Waals surface area (Å²) in [5.41, 5.74) is 0. The first kappa shape index (κ1) is 23.2. The van der Waals surface area contributed by atoms with Crippen LogP contribution in [0.5, 0.6) is 0 Å². The van der Waals surface area contributed by atoms with Gasteiger partial charge in [0.25, 0.3) is 0 Å². The van der Waals surface area contributed by atoms with Crippen LogP contribution in [0.2, 0.25) is 0 Å². The third kappa shape index (κ3) is 8.85. The maximum atomic E-state index is 11.9. The Morgan fingerprint density at radius 2 is 2.03 bits per heavy atom. The third-order valence-electron chi connectivity index (χ3n) is 5.21. The Kier molecular flexibility index (Phi) is 10.5. The van der Waals surface area contributed by atoms with E-state index < -0.39 is 0 Å². The Labute approximate surface area is 175 Å². The van der Waals surface area contributed by atoms with Gasteiger partial charge in [-0.15, -0.1) is 0 Å². The molecule has 1 aliphatic heterocycles. The molecule has 8 heteroatoms. The van der Waals surface area contributed by atoms with Gasteiger partial charge in [0.2, 0.25) is 5.91 Å². The molecule has 0 aliphatic carbocycles. The zero-order valence-electron chi connectivity index (χ0n) is 18.4. The van der Waals surface area contributed by atoms with Gasteiger partial charge in [-0.05, 0) is 46.0 Å². The lowest BCUT2D eigenvalue weighted by Gasteiger charge is -2.32. The van der Waals surface area contributed by atoms with Crippen LogP contribution in [-0.2, 0) is 11.3 Å². The predicted molar refractivity (Wildman–Crippen MR) is 118 cm³/mol. The number of rotatable bonds is 11. The second-order valence-electron chi connectivity index (χ2n) is 7.68. The van der Waals surface area contributed by atoms with Crippen LogP contribution in [-0.4, -0.2) is 71.6 Å². The number of piperidine rings is 1. The molecular weight excluding hydrogens is 366 g/mol. The molecule has 1 aromatic rings. The number of unbranched alkanes of at least 4 members (excludes halogenated alkanes) is 1. The molecule has 0 aromatic carbocycles. The van der Waals surface area contributed by atoms with Gasteiger partial charge in [-0.1, -0.05) is 6.92 Å². The molecule has 0 atom stereocenters. The number of nitrogens with one attached hydrogen (secondary N) is 3. The van der Waals surface area contributed by atoms with Crippen LogP contribution >= 0.6 is 0 Å². The molecule has 2 heterocycles. The van der Waals surface area contributed by atoms with Gasteiger partial charge in [0.15, 0.2) is 5.96 Å². The minimum Gasteiger partial charge on any atom is -0.357 e. The smallest absolute Gasteiger partial charge is 0.234 e. The lowest BCUT2D eigenvalue weighted by molar-refractivity contribution is -0.122. The second kappa shape index (κ2) is 13.2. The molecule has 1 amide bonds. The van der Waals surface area contributed by atoms with E-state index in [1.165, 1.54) is 0 Å². The largest absolute Gasteiger partial charge is 0.357 e. The summed E-state index contributed by atoms with van der Waals surface area (Å²) in [4.78, 5) is 23.1. The fraction of sp³-hybridized carbons (Fsp3) is 0.762. The van der Waals surface area contributed by atoms with E-state index in [9.17, 15) is 4.79 Å². The van der Waals surface area contributed by atoms with Crippen molar-refractivity contribution in [2.75, 3.05) is 39.3 Å². The first-order chi connectivity index (χ1) is 14.1. The number of guanidine groups is 1. The molecule has 0 unspecified atom stereocenters. The van der Waals surface area contributed by atoms with Crippen molar-refractivity contribution < 1.29 is 4.79 Å². The van der Waals surface area contributed by atoms with Gasteiger partial charge in [-0.3, -0.25) is 14.7 Å². The van der Waals surface area contributed by atoms with Crippen LogP contribution in [0.3, 0.4) is 0 Å². The van der Waals surface area contributed by atoms with Gasteiger partial charge in [0.05, 0.1) is 6.54 Å². The van der Waals surface area contributed by atoms with Gasteiger partial charge < -0.3 is 20.5 Å². The molecule has 0 bridgehead atoms. The average Bonchev–Trinajstić information content (AvgIpc) is 3.12. The summed E-state index contributed by atoms with van der Waals surface area (Å²) in [6, 6.07) is 0.413. The molecule has 164 valence electrons. The van der Waals surface area contributed by atoms with E-state index in [-0.39, 0.29) is 5.91 Å². The summed E-state index contributed by atoms with van der Waals surface area (Å²) in [6.45, 7) is 12.0. The maximum absolute atomic E-state index is 11.9. The van der Waals surface area contributed by atoms with Crippen LogP contribution in [0, 0.1) is 6.92 Å². The predicted octanol–water partition coefficient (Wildman–Crippen LogP) is 1.52. The van der Waals surface area contributed by atoms with Gasteiger partial charge in [-0.2, -0.15) is 0 Å². The fourth-order valence-electron chi connectivity index (χ4n) is 3.50. The number of aryl methyl sites for hydroxylation is 2. The zero-order chi connectivity index (χ0) is 20.9. The Bertz CT molecular complexity index is 620. The van der Waals surface area contributed by atoms with Crippen molar-refractivity contribution in [2.24, 2.45) is 4.99 Å². The molecule has 8 nitrogen and oxygen atoms in total. The Balaban J connectivity index is 1.66. The Morgan fingerprint density at radius 3 is 2.69 bits per heavy atom.